The fourth-order valence-electron chi connectivity index (χ4n) is 3.69. The van der Waals surface area contributed by atoms with Gasteiger partial charge in [0.25, 0.3) is 0 Å². The summed E-state index contributed by atoms with van der Waals surface area (Å²) < 4.78 is 37.7. The van der Waals surface area contributed by atoms with Crippen LogP contribution in [0.2, 0.25) is 5.02 Å². The minimum Gasteiger partial charge on any atom is -0.352 e. The van der Waals surface area contributed by atoms with Crippen molar-refractivity contribution in [3.8, 4) is 0 Å². The maximum atomic E-state index is 12.6. The Labute approximate surface area is 196 Å². The van der Waals surface area contributed by atoms with Crippen LogP contribution in [0.15, 0.2) is 29.3 Å². The number of benzene rings is 1. The molecule has 2 heterocycles. The van der Waals surface area contributed by atoms with Crippen molar-refractivity contribution in [1.29, 1.82) is 0 Å². The quantitative estimate of drug-likeness (QED) is 0.350. The Morgan fingerprint density at radius 2 is 1.93 bits per heavy atom. The van der Waals surface area contributed by atoms with E-state index in [1.807, 2.05) is 17.0 Å². The summed E-state index contributed by atoms with van der Waals surface area (Å²) in [6, 6.07) is 7.28. The second-order valence-electron chi connectivity index (χ2n) is 7.39. The van der Waals surface area contributed by atoms with Crippen LogP contribution in [0.1, 0.15) is 12.0 Å². The molecule has 2 saturated heterocycles. The zero-order chi connectivity index (χ0) is 21.0. The largest absolute Gasteiger partial charge is 0.401 e. The van der Waals surface area contributed by atoms with E-state index in [2.05, 4.69) is 10.3 Å². The Balaban J connectivity index is 0.00000320. The number of carbonyl (C=O) groups excluding carboxylic acids is 1. The van der Waals surface area contributed by atoms with Gasteiger partial charge < -0.3 is 15.1 Å². The summed E-state index contributed by atoms with van der Waals surface area (Å²) >= 11 is 5.90. The van der Waals surface area contributed by atoms with Crippen molar-refractivity contribution in [2.75, 3.05) is 46.3 Å². The molecule has 0 saturated carbocycles. The molecule has 30 heavy (non-hydrogen) atoms. The van der Waals surface area contributed by atoms with Crippen molar-refractivity contribution in [3.63, 3.8) is 0 Å². The lowest BCUT2D eigenvalue weighted by atomic mass is 10.2. The van der Waals surface area contributed by atoms with Gasteiger partial charge in [-0.3, -0.25) is 14.7 Å². The zero-order valence-corrected chi connectivity index (χ0v) is 19.7. The highest BCUT2D eigenvalue weighted by Gasteiger charge is 2.35. The zero-order valence-electron chi connectivity index (χ0n) is 16.7. The molecule has 2 aliphatic rings. The summed E-state index contributed by atoms with van der Waals surface area (Å²) in [5.41, 5.74) is 1.01. The molecule has 0 spiro atoms. The average molecular weight is 560 g/mol. The summed E-state index contributed by atoms with van der Waals surface area (Å²) in [5, 5.41) is 3.88. The summed E-state index contributed by atoms with van der Waals surface area (Å²) in [6.07, 6.45) is -3.58. The third-order valence-electron chi connectivity index (χ3n) is 5.13. The maximum Gasteiger partial charge on any atom is 0.401 e. The highest BCUT2D eigenvalue weighted by Crippen LogP contribution is 2.20. The first-order chi connectivity index (χ1) is 13.7. The third-order valence-corrected chi connectivity index (χ3v) is 5.38. The Kier molecular flexibility index (Phi) is 9.04. The number of carbonyl (C=O) groups is 1. The Hall–Kier alpha value is -1.27. The Bertz CT molecular complexity index is 747. The number of likely N-dealkylation sites (tertiary alicyclic amines) is 1. The molecule has 1 unspecified atom stereocenters. The van der Waals surface area contributed by atoms with Crippen molar-refractivity contribution >= 4 is 47.4 Å². The number of hydrogen-bond acceptors (Lipinski definition) is 3. The smallest absolute Gasteiger partial charge is 0.352 e. The molecular formula is C19H26ClF3IN5O. The summed E-state index contributed by atoms with van der Waals surface area (Å²) in [4.78, 5) is 21.8. The van der Waals surface area contributed by atoms with Crippen molar-refractivity contribution < 1.29 is 18.0 Å². The van der Waals surface area contributed by atoms with Crippen LogP contribution in [0.3, 0.4) is 0 Å². The minimum atomic E-state index is -4.19. The second-order valence-corrected chi connectivity index (χ2v) is 7.83. The molecule has 0 aromatic heterocycles. The van der Waals surface area contributed by atoms with Gasteiger partial charge in [-0.05, 0) is 24.1 Å². The molecule has 11 heteroatoms. The average Bonchev–Trinajstić information content (AvgIpc) is 3.08. The van der Waals surface area contributed by atoms with Crippen LogP contribution in [0.5, 0.6) is 0 Å². The van der Waals surface area contributed by atoms with E-state index in [1.165, 1.54) is 4.90 Å². The highest BCUT2D eigenvalue weighted by atomic mass is 127. The number of aliphatic imine (C=N–C) groups is 1. The number of nitrogens with zero attached hydrogens (tertiary/aromatic N) is 4. The standard InChI is InChI=1S/C19H25ClF3N5O.HI/c1-24-18(25-16-6-7-26(11-16)13-19(21,22)23)28-9-8-27(17(29)12-28)10-14-2-4-15(20)5-3-14;/h2-5,16H,6-13H2,1H3,(H,24,25);1H. The van der Waals surface area contributed by atoms with Gasteiger partial charge in [-0.25, -0.2) is 0 Å². The number of amides is 1. The summed E-state index contributed by atoms with van der Waals surface area (Å²) in [6.45, 7) is 1.67. The molecule has 0 aliphatic carbocycles. The highest BCUT2D eigenvalue weighted by molar-refractivity contribution is 14.0. The van der Waals surface area contributed by atoms with Crippen LogP contribution in [-0.2, 0) is 11.3 Å². The molecule has 6 nitrogen and oxygen atoms in total. The van der Waals surface area contributed by atoms with Gasteiger partial charge in [-0.15, -0.1) is 24.0 Å². The van der Waals surface area contributed by atoms with Crippen molar-refractivity contribution in [2.24, 2.45) is 4.99 Å². The van der Waals surface area contributed by atoms with Crippen LogP contribution in [0.25, 0.3) is 0 Å². The molecule has 1 aromatic carbocycles. The number of alkyl halides is 3. The first-order valence-electron chi connectivity index (χ1n) is 9.53. The van der Waals surface area contributed by atoms with Gasteiger partial charge in [0, 0.05) is 50.8 Å². The molecule has 1 aromatic rings. The van der Waals surface area contributed by atoms with E-state index in [0.29, 0.717) is 50.1 Å². The van der Waals surface area contributed by atoms with Crippen LogP contribution in [0, 0.1) is 0 Å². The van der Waals surface area contributed by atoms with Gasteiger partial charge in [0.1, 0.15) is 0 Å². The van der Waals surface area contributed by atoms with E-state index < -0.39 is 12.7 Å². The molecule has 1 amide bonds. The van der Waals surface area contributed by atoms with Crippen LogP contribution >= 0.6 is 35.6 Å². The fraction of sp³-hybridized carbons (Fsp3) is 0.579. The van der Waals surface area contributed by atoms with Gasteiger partial charge in [-0.2, -0.15) is 13.2 Å². The fourth-order valence-corrected chi connectivity index (χ4v) is 3.82. The molecule has 1 N–H and O–H groups in total. The number of nitrogens with one attached hydrogen (secondary N) is 1. The number of hydrogen-bond donors (Lipinski definition) is 1. The SMILES string of the molecule is CN=C(NC1CCN(CC(F)(F)F)C1)N1CCN(Cc2ccc(Cl)cc2)C(=O)C1.I. The Morgan fingerprint density at radius 3 is 2.53 bits per heavy atom. The number of piperazine rings is 1. The van der Waals surface area contributed by atoms with E-state index in [4.69, 9.17) is 11.6 Å². The third kappa shape index (κ3) is 7.16. The summed E-state index contributed by atoms with van der Waals surface area (Å²) in [5.74, 6) is 0.544. The van der Waals surface area contributed by atoms with E-state index in [9.17, 15) is 18.0 Å². The lowest BCUT2D eigenvalue weighted by Crippen LogP contribution is -2.56. The minimum absolute atomic E-state index is 0. The first kappa shape index (κ1) is 25.0. The van der Waals surface area contributed by atoms with Gasteiger partial charge >= 0.3 is 6.18 Å². The molecule has 2 aliphatic heterocycles. The molecule has 1 atom stereocenters. The monoisotopic (exact) mass is 559 g/mol. The topological polar surface area (TPSA) is 51.2 Å². The molecular weight excluding hydrogens is 534 g/mol. The van der Waals surface area contributed by atoms with E-state index in [0.717, 1.165) is 5.56 Å². The predicted octanol–water partition coefficient (Wildman–Crippen LogP) is 2.81. The van der Waals surface area contributed by atoms with Crippen LogP contribution in [0.4, 0.5) is 13.2 Å². The number of rotatable bonds is 4. The van der Waals surface area contributed by atoms with Gasteiger partial charge in [0.15, 0.2) is 5.96 Å². The van der Waals surface area contributed by atoms with E-state index in [-0.39, 0.29) is 42.5 Å². The van der Waals surface area contributed by atoms with Crippen LogP contribution < -0.4 is 5.32 Å². The molecule has 0 bridgehead atoms. The van der Waals surface area contributed by atoms with Crippen molar-refractivity contribution in [2.45, 2.75) is 25.2 Å². The lowest BCUT2D eigenvalue weighted by molar-refractivity contribution is -0.143. The normalized spacial score (nSPS) is 21.0. The molecule has 3 rings (SSSR count). The second kappa shape index (κ2) is 10.9. The summed E-state index contributed by atoms with van der Waals surface area (Å²) in [7, 11) is 1.62. The lowest BCUT2D eigenvalue weighted by Gasteiger charge is -2.36. The number of halogens is 5. The maximum absolute atomic E-state index is 12.6. The Morgan fingerprint density at radius 1 is 1.23 bits per heavy atom. The van der Waals surface area contributed by atoms with Crippen molar-refractivity contribution in [1.82, 2.24) is 20.0 Å². The van der Waals surface area contributed by atoms with Crippen LogP contribution in [-0.4, -0.2) is 85.1 Å². The number of guanidine groups is 1. The first-order valence-corrected chi connectivity index (χ1v) is 9.91. The van der Waals surface area contributed by atoms with Gasteiger partial charge in [0.2, 0.25) is 5.91 Å². The van der Waals surface area contributed by atoms with Gasteiger partial charge in [0.05, 0.1) is 13.1 Å². The van der Waals surface area contributed by atoms with E-state index in [1.54, 1.807) is 24.1 Å². The molecule has 168 valence electrons. The molecule has 0 radical (unpaired) electrons. The van der Waals surface area contributed by atoms with Crippen molar-refractivity contribution in [3.05, 3.63) is 34.9 Å². The predicted molar refractivity (Wildman–Crippen MR) is 121 cm³/mol. The van der Waals surface area contributed by atoms with E-state index >= 15 is 0 Å². The van der Waals surface area contributed by atoms with Gasteiger partial charge in [-0.1, -0.05) is 23.7 Å². The molecule has 2 fully saturated rings.